The third-order valence-corrected chi connectivity index (χ3v) is 6.24. The van der Waals surface area contributed by atoms with Crippen molar-refractivity contribution in [2.45, 2.75) is 94.0 Å². The maximum absolute atomic E-state index is 12.2. The van der Waals surface area contributed by atoms with E-state index in [4.69, 9.17) is 9.47 Å². The van der Waals surface area contributed by atoms with Crippen LogP contribution in [-0.2, 0) is 28.5 Å². The second-order valence-electron chi connectivity index (χ2n) is 8.96. The zero-order chi connectivity index (χ0) is 25.0. The third-order valence-electron chi connectivity index (χ3n) is 6.24. The van der Waals surface area contributed by atoms with Crippen LogP contribution in [0.1, 0.15) is 51.4 Å². The molecule has 0 heterocycles. The summed E-state index contributed by atoms with van der Waals surface area (Å²) in [4.78, 5) is 24.1. The molecule has 2 N–H and O–H groups in total. The lowest BCUT2D eigenvalue weighted by atomic mass is 9.74. The molecule has 0 aromatic rings. The van der Waals surface area contributed by atoms with Crippen LogP contribution in [-0.4, -0.2) is 74.3 Å². The monoisotopic (exact) mass is 506 g/mol. The van der Waals surface area contributed by atoms with Crippen LogP contribution < -0.4 is 10.6 Å². The van der Waals surface area contributed by atoms with Gasteiger partial charge in [0.2, 0.25) is 11.8 Å². The van der Waals surface area contributed by atoms with Crippen molar-refractivity contribution < 1.29 is 54.9 Å². The number of nitrogens with one attached hydrogen (secondary N) is 2. The van der Waals surface area contributed by atoms with E-state index in [0.29, 0.717) is 6.42 Å². The summed E-state index contributed by atoms with van der Waals surface area (Å²) in [6, 6.07) is 0. The van der Waals surface area contributed by atoms with Gasteiger partial charge in [0, 0.05) is 37.8 Å². The molecule has 3 aliphatic carbocycles. The third kappa shape index (κ3) is 8.86. The number of ether oxygens (including phenoxy) is 4. The highest BCUT2D eigenvalue weighted by molar-refractivity contribution is 5.78. The molecule has 8 nitrogen and oxygen atoms in total. The molecule has 3 fully saturated rings. The first-order valence-electron chi connectivity index (χ1n) is 11.1. The Bertz CT molecular complexity index is 703. The molecular weight excluding hydrogens is 478 g/mol. The maximum atomic E-state index is 12.2. The molecule has 0 radical (unpaired) electrons. The summed E-state index contributed by atoms with van der Waals surface area (Å²) in [5, 5.41) is 5.55. The normalized spacial score (nSPS) is 28.3. The number of rotatable bonds is 12. The largest absolute Gasteiger partial charge is 0.522 e. The summed E-state index contributed by atoms with van der Waals surface area (Å²) in [6.07, 6.45) is -9.07. The van der Waals surface area contributed by atoms with Crippen LogP contribution in [0.3, 0.4) is 0 Å². The van der Waals surface area contributed by atoms with Gasteiger partial charge in [-0.15, -0.1) is 26.3 Å². The molecule has 3 rings (SSSR count). The van der Waals surface area contributed by atoms with Gasteiger partial charge in [-0.25, -0.2) is 0 Å². The minimum Gasteiger partial charge on any atom is -0.368 e. The maximum Gasteiger partial charge on any atom is 0.522 e. The minimum absolute atomic E-state index is 0.0703. The second kappa shape index (κ2) is 11.0. The van der Waals surface area contributed by atoms with Crippen LogP contribution in [0, 0.1) is 0 Å². The van der Waals surface area contributed by atoms with E-state index in [0.717, 1.165) is 19.3 Å². The summed E-state index contributed by atoms with van der Waals surface area (Å²) in [6.45, 7) is -0.282. The van der Waals surface area contributed by atoms with Gasteiger partial charge in [0.05, 0.1) is 24.4 Å². The molecule has 0 aliphatic heterocycles. The molecule has 3 aliphatic rings. The van der Waals surface area contributed by atoms with E-state index in [1.165, 1.54) is 0 Å². The van der Waals surface area contributed by atoms with Gasteiger partial charge < -0.3 is 20.1 Å². The summed E-state index contributed by atoms with van der Waals surface area (Å²) in [5.41, 5.74) is -0.480. The Hall–Kier alpha value is -1.64. The summed E-state index contributed by atoms with van der Waals surface area (Å²) >= 11 is 0. The standard InChI is InChI=1S/C20H28F6N2O6/c21-19(22,23)33-14-6-12(7-14)31-10-16(29)27-5-4-18(2-1-3-18)28-17(30)11-32-13-8-15(9-13)34-20(24,25)26/h12-15H,1-11H2,(H,27,29)(H,28,30)/t12-,13?,14-,15?. The highest BCUT2D eigenvalue weighted by Crippen LogP contribution is 2.35. The second-order valence-corrected chi connectivity index (χ2v) is 8.96. The summed E-state index contributed by atoms with van der Waals surface area (Å²) in [5.74, 6) is -0.792. The average molecular weight is 506 g/mol. The Balaban J connectivity index is 1.24. The molecule has 34 heavy (non-hydrogen) atoms. The van der Waals surface area contributed by atoms with Gasteiger partial charge in [0.25, 0.3) is 0 Å². The fourth-order valence-corrected chi connectivity index (χ4v) is 4.13. The molecule has 0 aromatic heterocycles. The topological polar surface area (TPSA) is 95.1 Å². The molecule has 0 bridgehead atoms. The lowest BCUT2D eigenvalue weighted by molar-refractivity contribution is -0.358. The molecule has 0 spiro atoms. The van der Waals surface area contributed by atoms with E-state index in [-0.39, 0.29) is 51.3 Å². The van der Waals surface area contributed by atoms with Crippen molar-refractivity contribution >= 4 is 11.8 Å². The van der Waals surface area contributed by atoms with E-state index in [2.05, 4.69) is 20.1 Å². The van der Waals surface area contributed by atoms with Crippen LogP contribution >= 0.6 is 0 Å². The number of hydrogen-bond acceptors (Lipinski definition) is 6. The molecule has 0 unspecified atom stereocenters. The molecule has 14 heteroatoms. The van der Waals surface area contributed by atoms with Crippen molar-refractivity contribution in [2.75, 3.05) is 19.8 Å². The number of amides is 2. The average Bonchev–Trinajstić information content (AvgIpc) is 2.61. The van der Waals surface area contributed by atoms with Crippen molar-refractivity contribution in [3.63, 3.8) is 0 Å². The van der Waals surface area contributed by atoms with Gasteiger partial charge in [0.1, 0.15) is 13.2 Å². The quantitative estimate of drug-likeness (QED) is 0.396. The number of halogens is 6. The van der Waals surface area contributed by atoms with Gasteiger partial charge in [0.15, 0.2) is 0 Å². The van der Waals surface area contributed by atoms with Gasteiger partial charge in [-0.1, -0.05) is 0 Å². The van der Waals surface area contributed by atoms with Crippen LogP contribution in [0.2, 0.25) is 0 Å². The van der Waals surface area contributed by atoms with Crippen molar-refractivity contribution in [3.8, 4) is 0 Å². The Morgan fingerprint density at radius 1 is 0.765 bits per heavy atom. The van der Waals surface area contributed by atoms with Crippen molar-refractivity contribution in [1.82, 2.24) is 10.6 Å². The van der Waals surface area contributed by atoms with E-state index in [1.807, 2.05) is 0 Å². The first-order valence-corrected chi connectivity index (χ1v) is 11.1. The highest BCUT2D eigenvalue weighted by atomic mass is 19.4. The number of alkyl halides is 6. The van der Waals surface area contributed by atoms with Gasteiger partial charge in [-0.05, 0) is 25.7 Å². The smallest absolute Gasteiger partial charge is 0.368 e. The molecule has 196 valence electrons. The molecule has 0 saturated heterocycles. The van der Waals surface area contributed by atoms with Gasteiger partial charge in [-0.2, -0.15) is 0 Å². The fraction of sp³-hybridized carbons (Fsp3) is 0.900. The van der Waals surface area contributed by atoms with E-state index in [9.17, 15) is 35.9 Å². The number of hydrogen-bond donors (Lipinski definition) is 2. The van der Waals surface area contributed by atoms with Crippen LogP contribution in [0.25, 0.3) is 0 Å². The molecular formula is C20H28F6N2O6. The van der Waals surface area contributed by atoms with E-state index < -0.39 is 48.6 Å². The predicted molar refractivity (Wildman–Crippen MR) is 102 cm³/mol. The minimum atomic E-state index is -4.68. The van der Waals surface area contributed by atoms with Crippen LogP contribution in [0.4, 0.5) is 26.3 Å². The highest BCUT2D eigenvalue weighted by Gasteiger charge is 2.42. The first-order chi connectivity index (χ1) is 15.8. The van der Waals surface area contributed by atoms with Crippen LogP contribution in [0.5, 0.6) is 0 Å². The van der Waals surface area contributed by atoms with Crippen molar-refractivity contribution in [2.24, 2.45) is 0 Å². The Morgan fingerprint density at radius 2 is 1.24 bits per heavy atom. The van der Waals surface area contributed by atoms with E-state index in [1.54, 1.807) is 0 Å². The zero-order valence-electron chi connectivity index (χ0n) is 18.3. The lowest BCUT2D eigenvalue weighted by Crippen LogP contribution is -2.56. The summed E-state index contributed by atoms with van der Waals surface area (Å²) in [7, 11) is 0. The molecule has 0 atom stereocenters. The van der Waals surface area contributed by atoms with Crippen LogP contribution in [0.15, 0.2) is 0 Å². The Labute approximate surface area is 192 Å². The van der Waals surface area contributed by atoms with Gasteiger partial charge in [-0.3, -0.25) is 19.1 Å². The first kappa shape index (κ1) is 27.0. The zero-order valence-corrected chi connectivity index (χ0v) is 18.3. The summed E-state index contributed by atoms with van der Waals surface area (Å²) < 4.78 is 90.9. The van der Waals surface area contributed by atoms with Gasteiger partial charge >= 0.3 is 12.7 Å². The number of carbonyl (C=O) groups is 2. The SMILES string of the molecule is O=C(CO[C@H]1C[C@H](OC(F)(F)F)C1)NCCC1(NC(=O)COC2CC(OC(F)(F)F)C2)CCC1. The Morgan fingerprint density at radius 3 is 1.65 bits per heavy atom. The van der Waals surface area contributed by atoms with Crippen molar-refractivity contribution in [3.05, 3.63) is 0 Å². The Kier molecular flexibility index (Phi) is 8.69. The predicted octanol–water partition coefficient (Wildman–Crippen LogP) is 2.70. The van der Waals surface area contributed by atoms with E-state index >= 15 is 0 Å². The molecule has 0 aromatic carbocycles. The number of carbonyl (C=O) groups excluding carboxylic acids is 2. The molecule has 2 amide bonds. The molecule has 3 saturated carbocycles. The lowest BCUT2D eigenvalue weighted by Gasteiger charge is -2.43. The fourth-order valence-electron chi connectivity index (χ4n) is 4.13. The van der Waals surface area contributed by atoms with Crippen molar-refractivity contribution in [1.29, 1.82) is 0 Å².